The molecule has 38 heavy (non-hydrogen) atoms. The number of ether oxygens (including phenoxy) is 4. The number of halogens is 1. The van der Waals surface area contributed by atoms with Gasteiger partial charge in [0, 0.05) is 6.07 Å². The van der Waals surface area contributed by atoms with E-state index in [2.05, 4.69) is 17.1 Å². The van der Waals surface area contributed by atoms with Crippen LogP contribution in [0, 0.1) is 18.3 Å². The number of rotatable bonds is 13. The van der Waals surface area contributed by atoms with Gasteiger partial charge in [-0.2, -0.15) is 5.26 Å². The molecule has 198 valence electrons. The van der Waals surface area contributed by atoms with E-state index in [1.807, 2.05) is 37.3 Å². The Hall–Kier alpha value is -4.42. The van der Waals surface area contributed by atoms with E-state index in [0.717, 1.165) is 12.0 Å². The van der Waals surface area contributed by atoms with Crippen LogP contribution < -0.4 is 24.3 Å². The summed E-state index contributed by atoms with van der Waals surface area (Å²) in [4.78, 5) is 12.5. The zero-order valence-electron chi connectivity index (χ0n) is 21.4. The number of methoxy groups -OCH3 is 1. The minimum Gasteiger partial charge on any atom is -0.493 e. The Balaban J connectivity index is 1.70. The average molecular weight is 538 g/mol. The van der Waals surface area contributed by atoms with Crippen molar-refractivity contribution in [2.45, 2.75) is 20.3 Å². The first-order chi connectivity index (χ1) is 18.4. The highest BCUT2D eigenvalue weighted by atomic mass is 35.5. The molecule has 1 aromatic heterocycles. The van der Waals surface area contributed by atoms with Gasteiger partial charge in [-0.3, -0.25) is 4.79 Å². The van der Waals surface area contributed by atoms with E-state index in [-0.39, 0.29) is 29.6 Å². The van der Waals surface area contributed by atoms with E-state index in [9.17, 15) is 10.1 Å². The predicted octanol–water partition coefficient (Wildman–Crippen LogP) is 5.78. The van der Waals surface area contributed by atoms with Crippen LogP contribution in [0.5, 0.6) is 23.0 Å². The normalized spacial score (nSPS) is 10.9. The molecule has 0 saturated carbocycles. The lowest BCUT2D eigenvalue weighted by Crippen LogP contribution is -2.13. The van der Waals surface area contributed by atoms with Crippen LogP contribution in [0.15, 0.2) is 59.1 Å². The number of carbonyl (C=O) groups excluding carboxylic acids is 1. The van der Waals surface area contributed by atoms with Gasteiger partial charge in [0.05, 0.1) is 18.7 Å². The topological polar surface area (TPSA) is 116 Å². The minimum absolute atomic E-state index is 0.153. The van der Waals surface area contributed by atoms with Gasteiger partial charge in [0.15, 0.2) is 28.8 Å². The molecule has 0 aliphatic rings. The van der Waals surface area contributed by atoms with Crippen LogP contribution in [-0.4, -0.2) is 38.0 Å². The molecule has 0 aliphatic heterocycles. The summed E-state index contributed by atoms with van der Waals surface area (Å²) < 4.78 is 27.8. The smallest absolute Gasteiger partial charge is 0.267 e. The van der Waals surface area contributed by atoms with Crippen molar-refractivity contribution in [3.05, 3.63) is 76.5 Å². The molecule has 3 rings (SSSR count). The molecule has 1 N–H and O–H groups in total. The first kappa shape index (κ1) is 28.2. The lowest BCUT2D eigenvalue weighted by Gasteiger charge is -2.16. The van der Waals surface area contributed by atoms with Crippen LogP contribution in [0.2, 0.25) is 5.02 Å². The quantitative estimate of drug-likeness (QED) is 0.126. The summed E-state index contributed by atoms with van der Waals surface area (Å²) in [7, 11) is 1.58. The Morgan fingerprint density at radius 2 is 1.95 bits per heavy atom. The lowest BCUT2D eigenvalue weighted by atomic mass is 10.1. The fraction of sp³-hybridized carbons (Fsp3) is 0.250. The number of nitrogens with zero attached hydrogens (tertiary/aromatic N) is 2. The number of anilines is 1. The number of hydrogen-bond donors (Lipinski definition) is 1. The third kappa shape index (κ3) is 7.54. The first-order valence-corrected chi connectivity index (χ1v) is 12.1. The van der Waals surface area contributed by atoms with Crippen molar-refractivity contribution in [3.8, 4) is 29.1 Å². The number of nitriles is 1. The van der Waals surface area contributed by atoms with Crippen LogP contribution in [0.4, 0.5) is 5.82 Å². The molecule has 0 unspecified atom stereocenters. The van der Waals surface area contributed by atoms with Gasteiger partial charge < -0.3 is 28.8 Å². The summed E-state index contributed by atoms with van der Waals surface area (Å²) in [6.07, 6.45) is 3.94. The number of nitrogens with one attached hydrogen (secondary N) is 1. The molecule has 0 saturated heterocycles. The number of amides is 1. The molecular formula is C28H28ClN3O6. The van der Waals surface area contributed by atoms with Crippen LogP contribution in [0.1, 0.15) is 23.8 Å². The van der Waals surface area contributed by atoms with E-state index < -0.39 is 5.91 Å². The summed E-state index contributed by atoms with van der Waals surface area (Å²) in [5.41, 5.74) is 1.39. The van der Waals surface area contributed by atoms with Crippen molar-refractivity contribution in [2.75, 3.05) is 32.2 Å². The molecule has 0 bridgehead atoms. The zero-order chi connectivity index (χ0) is 27.5. The highest BCUT2D eigenvalue weighted by Gasteiger charge is 2.16. The van der Waals surface area contributed by atoms with Crippen molar-refractivity contribution in [3.63, 3.8) is 0 Å². The fourth-order valence-electron chi connectivity index (χ4n) is 3.42. The molecule has 1 amide bonds. The molecule has 0 fully saturated rings. The summed E-state index contributed by atoms with van der Waals surface area (Å²) in [6.45, 7) is 8.01. The molecule has 1 heterocycles. The fourth-order valence-corrected chi connectivity index (χ4v) is 3.69. The third-order valence-corrected chi connectivity index (χ3v) is 5.35. The molecule has 9 nitrogen and oxygen atoms in total. The summed E-state index contributed by atoms with van der Waals surface area (Å²) in [5.74, 6) is 1.98. The third-order valence-electron chi connectivity index (χ3n) is 5.07. The van der Waals surface area contributed by atoms with E-state index >= 15 is 0 Å². The minimum atomic E-state index is -0.639. The standard InChI is InChI=1S/C28H28ClN3O6/c1-5-7-19-8-9-23(24(15-19)34-4)36-10-11-37-27-22(29)14-20(16-25(27)35-6-2)13-21(17-30)28(33)31-26-12-18(3)38-32-26/h5,8-9,12-16H,1,6-7,10-11H2,2-4H3,(H,31,32,33)/b21-13-. The van der Waals surface area contributed by atoms with Gasteiger partial charge in [-0.1, -0.05) is 28.9 Å². The Bertz CT molecular complexity index is 1360. The SMILES string of the molecule is C=CCc1ccc(OCCOc2c(Cl)cc(/C=C(/C#N)C(=O)Nc3cc(C)on3)cc2OCC)c(OC)c1. The van der Waals surface area contributed by atoms with E-state index in [4.69, 9.17) is 35.1 Å². The van der Waals surface area contributed by atoms with Crippen molar-refractivity contribution in [2.24, 2.45) is 0 Å². The van der Waals surface area contributed by atoms with Crippen LogP contribution in [-0.2, 0) is 11.2 Å². The molecule has 2 aromatic carbocycles. The van der Waals surface area contributed by atoms with Crippen molar-refractivity contribution >= 4 is 29.4 Å². The zero-order valence-corrected chi connectivity index (χ0v) is 22.1. The Morgan fingerprint density at radius 1 is 1.16 bits per heavy atom. The highest BCUT2D eigenvalue weighted by molar-refractivity contribution is 6.32. The largest absolute Gasteiger partial charge is 0.493 e. The van der Waals surface area contributed by atoms with Gasteiger partial charge in [-0.15, -0.1) is 6.58 Å². The van der Waals surface area contributed by atoms with Gasteiger partial charge in [0.25, 0.3) is 5.91 Å². The maximum atomic E-state index is 12.5. The van der Waals surface area contributed by atoms with E-state index in [0.29, 0.717) is 40.9 Å². The molecule has 0 radical (unpaired) electrons. The molecular weight excluding hydrogens is 510 g/mol. The van der Waals surface area contributed by atoms with Crippen molar-refractivity contribution < 1.29 is 28.3 Å². The maximum Gasteiger partial charge on any atom is 0.267 e. The van der Waals surface area contributed by atoms with Crippen LogP contribution in [0.3, 0.4) is 0 Å². The lowest BCUT2D eigenvalue weighted by molar-refractivity contribution is -0.112. The second-order valence-corrected chi connectivity index (χ2v) is 8.29. The first-order valence-electron chi connectivity index (χ1n) is 11.7. The molecule has 3 aromatic rings. The Labute approximate surface area is 226 Å². The molecule has 10 heteroatoms. The van der Waals surface area contributed by atoms with Crippen LogP contribution in [0.25, 0.3) is 6.08 Å². The summed E-state index contributed by atoms with van der Waals surface area (Å²) in [5, 5.41) is 16.0. The Kier molecular flexibility index (Phi) is 10.2. The number of carbonyl (C=O) groups is 1. The highest BCUT2D eigenvalue weighted by Crippen LogP contribution is 2.37. The van der Waals surface area contributed by atoms with Gasteiger partial charge in [0.2, 0.25) is 0 Å². The van der Waals surface area contributed by atoms with E-state index in [1.165, 1.54) is 6.08 Å². The summed E-state index contributed by atoms with van der Waals surface area (Å²) in [6, 6.07) is 12.3. The summed E-state index contributed by atoms with van der Waals surface area (Å²) >= 11 is 6.49. The second-order valence-electron chi connectivity index (χ2n) is 7.88. The van der Waals surface area contributed by atoms with Crippen molar-refractivity contribution in [1.29, 1.82) is 5.26 Å². The number of aryl methyl sites for hydroxylation is 1. The maximum absolute atomic E-state index is 12.5. The van der Waals surface area contributed by atoms with Crippen LogP contribution >= 0.6 is 11.6 Å². The molecule has 0 atom stereocenters. The van der Waals surface area contributed by atoms with Gasteiger partial charge in [0.1, 0.15) is 30.6 Å². The number of hydrogen-bond acceptors (Lipinski definition) is 8. The second kappa shape index (κ2) is 13.8. The molecule has 0 aliphatic carbocycles. The number of allylic oxidation sites excluding steroid dienone is 1. The monoisotopic (exact) mass is 537 g/mol. The van der Waals surface area contributed by atoms with Crippen molar-refractivity contribution in [1.82, 2.24) is 5.16 Å². The number of aromatic nitrogens is 1. The predicted molar refractivity (Wildman–Crippen MR) is 144 cm³/mol. The van der Waals surface area contributed by atoms with Gasteiger partial charge in [-0.05, 0) is 61.7 Å². The number of benzene rings is 2. The van der Waals surface area contributed by atoms with E-state index in [1.54, 1.807) is 32.2 Å². The Morgan fingerprint density at radius 3 is 2.61 bits per heavy atom. The van der Waals surface area contributed by atoms with Gasteiger partial charge >= 0.3 is 0 Å². The molecule has 0 spiro atoms. The van der Waals surface area contributed by atoms with Gasteiger partial charge in [-0.25, -0.2) is 0 Å². The average Bonchev–Trinajstić information content (AvgIpc) is 3.31.